The number of hydrogen-bond acceptors (Lipinski definition) is 3. The van der Waals surface area contributed by atoms with Crippen molar-refractivity contribution in [2.24, 2.45) is 5.16 Å². The Hall–Kier alpha value is -1.62. The summed E-state index contributed by atoms with van der Waals surface area (Å²) in [6, 6.07) is 2.69. The zero-order valence-corrected chi connectivity index (χ0v) is 11.7. The van der Waals surface area contributed by atoms with Crippen molar-refractivity contribution in [3.05, 3.63) is 28.5 Å². The van der Waals surface area contributed by atoms with Crippen molar-refractivity contribution in [2.45, 2.75) is 25.9 Å². The van der Waals surface area contributed by atoms with Crippen molar-refractivity contribution in [1.82, 2.24) is 0 Å². The number of amides is 1. The van der Waals surface area contributed by atoms with Crippen LogP contribution in [0.25, 0.3) is 0 Å². The molecule has 0 spiro atoms. The van der Waals surface area contributed by atoms with Crippen molar-refractivity contribution in [2.75, 3.05) is 11.9 Å². The first-order valence-electron chi connectivity index (χ1n) is 5.76. The van der Waals surface area contributed by atoms with Gasteiger partial charge in [0.15, 0.2) is 0 Å². The van der Waals surface area contributed by atoms with Gasteiger partial charge in [0.1, 0.15) is 11.4 Å². The van der Waals surface area contributed by atoms with Crippen molar-refractivity contribution >= 4 is 29.4 Å². The maximum absolute atomic E-state index is 13.8. The van der Waals surface area contributed by atoms with E-state index in [1.165, 1.54) is 19.2 Å². The average Bonchev–Trinajstić information content (AvgIpc) is 2.68. The Bertz CT molecular complexity index is 558. The number of nitrogens with zero attached hydrogens (tertiary/aromatic N) is 2. The van der Waals surface area contributed by atoms with Crippen LogP contribution in [0, 0.1) is 5.82 Å². The molecule has 1 aromatic rings. The Labute approximate surface area is 115 Å². The lowest BCUT2D eigenvalue weighted by molar-refractivity contribution is -0.107. The Morgan fingerprint density at radius 3 is 2.74 bits per heavy atom. The van der Waals surface area contributed by atoms with Crippen LogP contribution in [0.15, 0.2) is 17.3 Å². The minimum absolute atomic E-state index is 0.154. The van der Waals surface area contributed by atoms with E-state index in [0.29, 0.717) is 24.1 Å². The molecule has 4 nitrogen and oxygen atoms in total. The van der Waals surface area contributed by atoms with Gasteiger partial charge in [-0.25, -0.2) is 4.39 Å². The topological polar surface area (TPSA) is 41.9 Å². The summed E-state index contributed by atoms with van der Waals surface area (Å²) in [6.07, 6.45) is 1.11. The van der Waals surface area contributed by atoms with Gasteiger partial charge in [0.05, 0.1) is 16.4 Å². The fourth-order valence-electron chi connectivity index (χ4n) is 1.88. The summed E-state index contributed by atoms with van der Waals surface area (Å²) >= 11 is 6.04. The van der Waals surface area contributed by atoms with Crippen LogP contribution in [0.1, 0.15) is 25.8 Å². The van der Waals surface area contributed by atoms with Crippen LogP contribution in [-0.4, -0.2) is 24.8 Å². The molecule has 0 saturated carbocycles. The molecule has 0 fully saturated rings. The van der Waals surface area contributed by atoms with Gasteiger partial charge in [0, 0.05) is 19.0 Å². The first-order valence-corrected chi connectivity index (χ1v) is 6.14. The van der Waals surface area contributed by atoms with E-state index >= 15 is 0 Å². The molecule has 102 valence electrons. The van der Waals surface area contributed by atoms with Gasteiger partial charge in [-0.2, -0.15) is 0 Å². The van der Waals surface area contributed by atoms with Crippen molar-refractivity contribution in [1.29, 1.82) is 0 Å². The third-order valence-electron chi connectivity index (χ3n) is 2.88. The Morgan fingerprint density at radius 2 is 2.21 bits per heavy atom. The summed E-state index contributed by atoms with van der Waals surface area (Å²) in [5.41, 5.74) is 0.985. The lowest BCUT2D eigenvalue weighted by Gasteiger charge is -2.15. The number of halogens is 2. The van der Waals surface area contributed by atoms with E-state index in [4.69, 9.17) is 16.4 Å². The molecule has 1 aliphatic rings. The number of oxime groups is 1. The monoisotopic (exact) mass is 284 g/mol. The molecule has 19 heavy (non-hydrogen) atoms. The molecule has 1 aromatic carbocycles. The third-order valence-corrected chi connectivity index (χ3v) is 3.19. The molecule has 0 atom stereocenters. The number of rotatable bonds is 3. The van der Waals surface area contributed by atoms with Crippen molar-refractivity contribution < 1.29 is 14.0 Å². The Morgan fingerprint density at radius 1 is 1.53 bits per heavy atom. The lowest BCUT2D eigenvalue weighted by atomic mass is 9.97. The first-order chi connectivity index (χ1) is 8.84. The maximum atomic E-state index is 13.8. The van der Waals surface area contributed by atoms with Crippen molar-refractivity contribution in [3.63, 3.8) is 0 Å². The van der Waals surface area contributed by atoms with E-state index in [2.05, 4.69) is 5.16 Å². The zero-order chi connectivity index (χ0) is 14.2. The molecule has 0 unspecified atom stereocenters. The van der Waals surface area contributed by atoms with Crippen LogP contribution >= 0.6 is 11.6 Å². The van der Waals surface area contributed by atoms with E-state index in [1.807, 2.05) is 13.8 Å². The van der Waals surface area contributed by atoms with E-state index in [-0.39, 0.29) is 10.7 Å². The molecular formula is C13H14ClFN2O2. The highest BCUT2D eigenvalue weighted by atomic mass is 35.5. The maximum Gasteiger partial charge on any atom is 0.213 e. The second kappa shape index (κ2) is 4.81. The molecule has 6 heteroatoms. The van der Waals surface area contributed by atoms with Crippen LogP contribution < -0.4 is 4.90 Å². The molecule has 0 saturated heterocycles. The highest BCUT2D eigenvalue weighted by Crippen LogP contribution is 2.32. The van der Waals surface area contributed by atoms with Gasteiger partial charge in [-0.1, -0.05) is 16.8 Å². The number of carbonyl (C=O) groups excluding carboxylic acids is 1. The van der Waals surface area contributed by atoms with E-state index in [9.17, 15) is 9.18 Å². The molecule has 0 bridgehead atoms. The molecule has 1 heterocycles. The number of benzene rings is 1. The lowest BCUT2D eigenvalue weighted by Crippen LogP contribution is -2.20. The van der Waals surface area contributed by atoms with Gasteiger partial charge in [0.25, 0.3) is 0 Å². The second-order valence-electron chi connectivity index (χ2n) is 5.07. The number of carbonyl (C=O) groups is 1. The van der Waals surface area contributed by atoms with E-state index in [1.54, 1.807) is 0 Å². The zero-order valence-electron chi connectivity index (χ0n) is 10.9. The minimum atomic E-state index is -0.554. The molecule has 1 amide bonds. The second-order valence-corrected chi connectivity index (χ2v) is 5.47. The summed E-state index contributed by atoms with van der Waals surface area (Å²) in [7, 11) is 1.47. The highest BCUT2D eigenvalue weighted by Gasteiger charge is 2.31. The largest absolute Gasteiger partial charge is 0.389 e. The number of hydrogen-bond donors (Lipinski definition) is 0. The van der Waals surface area contributed by atoms with Gasteiger partial charge < -0.3 is 9.74 Å². The average molecular weight is 285 g/mol. The third kappa shape index (κ3) is 2.71. The molecule has 1 aliphatic heterocycles. The normalized spacial score (nSPS) is 16.8. The predicted molar refractivity (Wildman–Crippen MR) is 72.2 cm³/mol. The van der Waals surface area contributed by atoms with Crippen LogP contribution in [0.5, 0.6) is 0 Å². The highest BCUT2D eigenvalue weighted by molar-refractivity contribution is 6.34. The smallest absolute Gasteiger partial charge is 0.213 e. The van der Waals surface area contributed by atoms with Crippen LogP contribution in [-0.2, 0) is 9.63 Å². The molecule has 0 aromatic heterocycles. The van der Waals surface area contributed by atoms with Gasteiger partial charge in [-0.3, -0.25) is 4.79 Å². The first kappa shape index (κ1) is 13.8. The van der Waals surface area contributed by atoms with Crippen molar-refractivity contribution in [3.8, 4) is 0 Å². The molecular weight excluding hydrogens is 271 g/mol. The standard InChI is InChI=1S/C13H14ClFN2O2/c1-13(2)6-11(16-19-13)8-4-12(17(3)7-18)10(15)5-9(8)14/h4-5,7H,6H2,1-3H3. The number of anilines is 1. The van der Waals surface area contributed by atoms with Crippen LogP contribution in [0.4, 0.5) is 10.1 Å². The summed E-state index contributed by atoms with van der Waals surface area (Å²) in [6.45, 7) is 3.80. The molecule has 2 rings (SSSR count). The van der Waals surface area contributed by atoms with Crippen LogP contribution in [0.2, 0.25) is 5.02 Å². The van der Waals surface area contributed by atoms with E-state index in [0.717, 1.165) is 4.90 Å². The quantitative estimate of drug-likeness (QED) is 0.801. The fourth-order valence-corrected chi connectivity index (χ4v) is 2.14. The summed E-state index contributed by atoms with van der Waals surface area (Å²) in [4.78, 5) is 17.2. The van der Waals surface area contributed by atoms with Gasteiger partial charge in [0.2, 0.25) is 6.41 Å². The molecule has 0 aliphatic carbocycles. The summed E-state index contributed by atoms with van der Waals surface area (Å²) in [5, 5.41) is 4.23. The van der Waals surface area contributed by atoms with Gasteiger partial charge in [-0.05, 0) is 26.0 Å². The van der Waals surface area contributed by atoms with E-state index < -0.39 is 11.4 Å². The summed E-state index contributed by atoms with van der Waals surface area (Å²) in [5.74, 6) is -0.554. The Balaban J connectivity index is 2.44. The molecule has 0 N–H and O–H groups in total. The van der Waals surface area contributed by atoms with Gasteiger partial charge in [-0.15, -0.1) is 0 Å². The fraction of sp³-hybridized carbons (Fsp3) is 0.385. The van der Waals surface area contributed by atoms with Gasteiger partial charge >= 0.3 is 0 Å². The molecule has 0 radical (unpaired) electrons. The minimum Gasteiger partial charge on any atom is -0.389 e. The predicted octanol–water partition coefficient (Wildman–Crippen LogP) is 2.97. The summed E-state index contributed by atoms with van der Waals surface area (Å²) < 4.78 is 13.8. The Kier molecular flexibility index (Phi) is 3.49. The van der Waals surface area contributed by atoms with Crippen LogP contribution in [0.3, 0.4) is 0 Å². The SMILES string of the molecule is CN(C=O)c1cc(C2=NOC(C)(C)C2)c(Cl)cc1F.